The van der Waals surface area contributed by atoms with E-state index in [0.717, 1.165) is 0 Å². The van der Waals surface area contributed by atoms with E-state index in [1.54, 1.807) is 0 Å². The molecule has 12 heteroatoms. The molecule has 0 aliphatic rings. The zero-order valence-electron chi connectivity index (χ0n) is 12.9. The van der Waals surface area contributed by atoms with Gasteiger partial charge in [0.05, 0.1) is 33.0 Å². The predicted molar refractivity (Wildman–Crippen MR) is 77.5 cm³/mol. The number of aldehydes is 1. The van der Waals surface area contributed by atoms with Gasteiger partial charge in [-0.3, -0.25) is 0 Å². The van der Waals surface area contributed by atoms with Crippen molar-refractivity contribution in [2.24, 2.45) is 0 Å². The SMILES string of the molecule is O=CC(O)C(O)C(O)C(O)CO.OCC(O)CO.OCC(O)CO. The van der Waals surface area contributed by atoms with Gasteiger partial charge in [-0.2, -0.15) is 0 Å². The van der Waals surface area contributed by atoms with Gasteiger partial charge in [0.15, 0.2) is 6.29 Å². The fourth-order valence-corrected chi connectivity index (χ4v) is 0.734. The van der Waals surface area contributed by atoms with E-state index in [0.29, 0.717) is 0 Å². The Morgan fingerprint density at radius 1 is 0.583 bits per heavy atom. The molecule has 0 saturated carbocycles. The third kappa shape index (κ3) is 16.1. The number of aliphatic hydroxyl groups is 11. The lowest BCUT2D eigenvalue weighted by molar-refractivity contribution is -0.136. The number of carbonyl (C=O) groups is 1. The summed E-state index contributed by atoms with van der Waals surface area (Å²) in [6, 6.07) is 0. The summed E-state index contributed by atoms with van der Waals surface area (Å²) in [5.74, 6) is 0. The minimum atomic E-state index is -1.79. The highest BCUT2D eigenvalue weighted by Crippen LogP contribution is 2.02. The lowest BCUT2D eigenvalue weighted by Gasteiger charge is -2.22. The molecule has 11 N–H and O–H groups in total. The summed E-state index contributed by atoms with van der Waals surface area (Å²) in [6.07, 6.45) is -8.75. The number of rotatable bonds is 9. The number of aliphatic hydroxyl groups excluding tert-OH is 11. The van der Waals surface area contributed by atoms with E-state index >= 15 is 0 Å². The molecular weight excluding hydrogens is 336 g/mol. The smallest absolute Gasteiger partial charge is 0.151 e. The summed E-state index contributed by atoms with van der Waals surface area (Å²) >= 11 is 0. The molecule has 0 heterocycles. The first-order valence-corrected chi connectivity index (χ1v) is 6.74. The topological polar surface area (TPSA) is 240 Å². The minimum absolute atomic E-state index is 0.0258. The standard InChI is InChI=1S/C6H12O6.2C3H8O3/c7-1-3(9)5(11)6(12)4(10)2-8;2*4-1-3(6)2-5/h1,3-6,8-12H,2H2;2*3-6H,1-2H2. The van der Waals surface area contributed by atoms with Gasteiger partial charge in [0.2, 0.25) is 0 Å². The number of hydrogen-bond donors (Lipinski definition) is 11. The second-order valence-corrected chi connectivity index (χ2v) is 4.40. The Hall–Kier alpha value is -0.770. The van der Waals surface area contributed by atoms with Gasteiger partial charge >= 0.3 is 0 Å². The fourth-order valence-electron chi connectivity index (χ4n) is 0.734. The van der Waals surface area contributed by atoms with Crippen molar-refractivity contribution < 1.29 is 61.0 Å². The molecule has 0 saturated heterocycles. The maximum atomic E-state index is 9.90. The molecule has 0 aromatic rings. The van der Waals surface area contributed by atoms with E-state index in [2.05, 4.69) is 0 Å². The highest BCUT2D eigenvalue weighted by molar-refractivity contribution is 5.56. The molecule has 4 atom stereocenters. The highest BCUT2D eigenvalue weighted by Gasteiger charge is 2.29. The first-order valence-electron chi connectivity index (χ1n) is 6.74. The van der Waals surface area contributed by atoms with Crippen LogP contribution in [0.2, 0.25) is 0 Å². The van der Waals surface area contributed by atoms with Crippen LogP contribution in [0.3, 0.4) is 0 Å². The monoisotopic (exact) mass is 364 g/mol. The van der Waals surface area contributed by atoms with Crippen molar-refractivity contribution in [3.05, 3.63) is 0 Å². The molecule has 0 aliphatic heterocycles. The number of hydrogen-bond acceptors (Lipinski definition) is 12. The summed E-state index contributed by atoms with van der Waals surface area (Å²) in [5, 5.41) is 91.6. The van der Waals surface area contributed by atoms with E-state index in [1.807, 2.05) is 0 Å². The average molecular weight is 364 g/mol. The highest BCUT2D eigenvalue weighted by atomic mass is 16.4. The van der Waals surface area contributed by atoms with Crippen LogP contribution in [0.4, 0.5) is 0 Å². The summed E-state index contributed by atoms with van der Waals surface area (Å²) < 4.78 is 0. The summed E-state index contributed by atoms with van der Waals surface area (Å²) in [6.45, 7) is -2.22. The largest absolute Gasteiger partial charge is 0.394 e. The van der Waals surface area contributed by atoms with Crippen LogP contribution < -0.4 is 0 Å². The van der Waals surface area contributed by atoms with Crippen molar-refractivity contribution in [2.45, 2.75) is 36.6 Å². The normalized spacial score (nSPS) is 15.5. The summed E-state index contributed by atoms with van der Waals surface area (Å²) in [7, 11) is 0. The van der Waals surface area contributed by atoms with E-state index in [9.17, 15) is 4.79 Å². The van der Waals surface area contributed by atoms with E-state index in [1.165, 1.54) is 0 Å². The lowest BCUT2D eigenvalue weighted by atomic mass is 10.0. The second-order valence-electron chi connectivity index (χ2n) is 4.40. The Labute approximate surface area is 138 Å². The zero-order valence-corrected chi connectivity index (χ0v) is 12.9. The van der Waals surface area contributed by atoms with Gasteiger partial charge in [-0.25, -0.2) is 0 Å². The van der Waals surface area contributed by atoms with E-state index in [4.69, 9.17) is 56.2 Å². The maximum Gasteiger partial charge on any atom is 0.151 e. The third-order valence-electron chi connectivity index (χ3n) is 2.26. The Kier molecular flexibility index (Phi) is 21.7. The molecule has 0 fully saturated rings. The van der Waals surface area contributed by atoms with E-state index < -0.39 is 43.2 Å². The van der Waals surface area contributed by atoms with Crippen molar-refractivity contribution in [3.8, 4) is 0 Å². The first-order chi connectivity index (χ1) is 11.2. The van der Waals surface area contributed by atoms with Gasteiger partial charge in [-0.05, 0) is 0 Å². The predicted octanol–water partition coefficient (Wildman–Crippen LogP) is -6.71. The van der Waals surface area contributed by atoms with Gasteiger partial charge < -0.3 is 61.0 Å². The molecule has 0 spiro atoms. The summed E-state index contributed by atoms with van der Waals surface area (Å²) in [5.41, 5.74) is 0. The van der Waals surface area contributed by atoms with Gasteiger partial charge in [-0.1, -0.05) is 0 Å². The van der Waals surface area contributed by atoms with E-state index in [-0.39, 0.29) is 32.7 Å². The number of carbonyl (C=O) groups excluding carboxylic acids is 1. The van der Waals surface area contributed by atoms with Gasteiger partial charge in [0.1, 0.15) is 36.6 Å². The summed E-state index contributed by atoms with van der Waals surface area (Å²) in [4.78, 5) is 9.90. The van der Waals surface area contributed by atoms with Crippen molar-refractivity contribution in [1.29, 1.82) is 0 Å². The van der Waals surface area contributed by atoms with Crippen LogP contribution in [0.5, 0.6) is 0 Å². The second kappa shape index (κ2) is 18.6. The van der Waals surface area contributed by atoms with Crippen molar-refractivity contribution >= 4 is 6.29 Å². The van der Waals surface area contributed by atoms with Crippen LogP contribution in [0.1, 0.15) is 0 Å². The molecule has 24 heavy (non-hydrogen) atoms. The van der Waals surface area contributed by atoms with Crippen LogP contribution in [0, 0.1) is 0 Å². The Bertz CT molecular complexity index is 248. The van der Waals surface area contributed by atoms with Crippen LogP contribution in [-0.4, -0.2) is 132 Å². The van der Waals surface area contributed by atoms with Crippen LogP contribution in [-0.2, 0) is 4.79 Å². The quantitative estimate of drug-likeness (QED) is 0.171. The lowest BCUT2D eigenvalue weighted by Crippen LogP contribution is -2.46. The first kappa shape index (κ1) is 28.1. The maximum absolute atomic E-state index is 9.90. The molecule has 0 aromatic heterocycles. The fraction of sp³-hybridized carbons (Fsp3) is 0.917. The molecule has 0 radical (unpaired) electrons. The van der Waals surface area contributed by atoms with Crippen LogP contribution >= 0.6 is 0 Å². The Morgan fingerprint density at radius 2 is 0.917 bits per heavy atom. The van der Waals surface area contributed by atoms with Crippen LogP contribution in [0.25, 0.3) is 0 Å². The molecule has 0 bridgehead atoms. The van der Waals surface area contributed by atoms with Crippen molar-refractivity contribution in [2.75, 3.05) is 33.0 Å². The molecule has 0 aromatic carbocycles. The molecule has 148 valence electrons. The molecular formula is C12H28O12. The van der Waals surface area contributed by atoms with Crippen molar-refractivity contribution in [1.82, 2.24) is 0 Å². The zero-order chi connectivity index (χ0) is 19.7. The molecule has 4 unspecified atom stereocenters. The molecule has 0 aliphatic carbocycles. The Morgan fingerprint density at radius 3 is 1.08 bits per heavy atom. The van der Waals surface area contributed by atoms with Gasteiger partial charge in [0.25, 0.3) is 0 Å². The van der Waals surface area contributed by atoms with Gasteiger partial charge in [-0.15, -0.1) is 0 Å². The van der Waals surface area contributed by atoms with Gasteiger partial charge in [0, 0.05) is 0 Å². The van der Waals surface area contributed by atoms with Crippen molar-refractivity contribution in [3.63, 3.8) is 0 Å². The van der Waals surface area contributed by atoms with Crippen LogP contribution in [0.15, 0.2) is 0 Å². The average Bonchev–Trinajstić information content (AvgIpc) is 2.64. The minimum Gasteiger partial charge on any atom is -0.394 e. The molecule has 0 rings (SSSR count). The Balaban J connectivity index is -0.000000309. The molecule has 0 amide bonds. The third-order valence-corrected chi connectivity index (χ3v) is 2.26. The molecule has 12 nitrogen and oxygen atoms in total.